The predicted molar refractivity (Wildman–Crippen MR) is 68.1 cm³/mol. The van der Waals surface area contributed by atoms with E-state index < -0.39 is 0 Å². The zero-order valence-corrected chi connectivity index (χ0v) is 11.1. The van der Waals surface area contributed by atoms with E-state index in [1.807, 2.05) is 0 Å². The lowest BCUT2D eigenvalue weighted by atomic mass is 9.84. The summed E-state index contributed by atoms with van der Waals surface area (Å²) in [5.74, 6) is 2.81. The maximum atomic E-state index is 2.67. The zero-order chi connectivity index (χ0) is 11.3. The summed E-state index contributed by atoms with van der Waals surface area (Å²) in [6.45, 7) is 13.4. The van der Waals surface area contributed by atoms with E-state index in [1.165, 1.54) is 45.3 Å². The van der Waals surface area contributed by atoms with Crippen LogP contribution in [-0.2, 0) is 0 Å². The van der Waals surface area contributed by atoms with Crippen LogP contribution in [0.1, 0.15) is 53.4 Å². The van der Waals surface area contributed by atoms with Gasteiger partial charge in [-0.2, -0.15) is 0 Å². The molecule has 1 heteroatoms. The fourth-order valence-electron chi connectivity index (χ4n) is 2.52. The molecule has 0 aromatic rings. The molecule has 1 heterocycles. The van der Waals surface area contributed by atoms with Gasteiger partial charge in [-0.15, -0.1) is 0 Å². The SMILES string of the molecule is CCC(C)C1CCN(CCC(C)C)CC1. The van der Waals surface area contributed by atoms with Gasteiger partial charge in [0, 0.05) is 0 Å². The molecule has 0 bridgehead atoms. The van der Waals surface area contributed by atoms with Crippen molar-refractivity contribution in [1.82, 2.24) is 4.90 Å². The Labute approximate surface area is 96.2 Å². The summed E-state index contributed by atoms with van der Waals surface area (Å²) >= 11 is 0. The zero-order valence-electron chi connectivity index (χ0n) is 11.1. The van der Waals surface area contributed by atoms with E-state index in [1.54, 1.807) is 0 Å². The van der Waals surface area contributed by atoms with Crippen molar-refractivity contribution in [2.24, 2.45) is 17.8 Å². The third-order valence-electron chi connectivity index (χ3n) is 4.10. The lowest BCUT2D eigenvalue weighted by Gasteiger charge is -2.34. The first-order valence-electron chi connectivity index (χ1n) is 6.85. The van der Waals surface area contributed by atoms with Crippen molar-refractivity contribution < 1.29 is 0 Å². The Hall–Kier alpha value is -0.0400. The molecule has 1 nitrogen and oxygen atoms in total. The van der Waals surface area contributed by atoms with E-state index in [-0.39, 0.29) is 0 Å². The summed E-state index contributed by atoms with van der Waals surface area (Å²) in [6.07, 6.45) is 5.60. The maximum absolute atomic E-state index is 2.67. The Morgan fingerprint density at radius 2 is 1.73 bits per heavy atom. The van der Waals surface area contributed by atoms with Gasteiger partial charge in [-0.1, -0.05) is 34.1 Å². The Kier molecular flexibility index (Phi) is 5.66. The maximum Gasteiger partial charge on any atom is -0.00160 e. The van der Waals surface area contributed by atoms with E-state index >= 15 is 0 Å². The third kappa shape index (κ3) is 4.55. The van der Waals surface area contributed by atoms with E-state index in [0.717, 1.165) is 17.8 Å². The second-order valence-electron chi connectivity index (χ2n) is 5.75. The van der Waals surface area contributed by atoms with Gasteiger partial charge in [-0.25, -0.2) is 0 Å². The molecule has 0 amide bonds. The molecule has 1 aliphatic heterocycles. The molecule has 0 aromatic heterocycles. The molecule has 90 valence electrons. The fraction of sp³-hybridized carbons (Fsp3) is 1.00. The van der Waals surface area contributed by atoms with Crippen molar-refractivity contribution in [3.63, 3.8) is 0 Å². The topological polar surface area (TPSA) is 3.24 Å². The minimum Gasteiger partial charge on any atom is -0.303 e. The number of rotatable bonds is 5. The Morgan fingerprint density at radius 1 is 1.13 bits per heavy atom. The van der Waals surface area contributed by atoms with Gasteiger partial charge in [0.25, 0.3) is 0 Å². The number of nitrogens with zero attached hydrogens (tertiary/aromatic N) is 1. The second-order valence-corrected chi connectivity index (χ2v) is 5.75. The highest BCUT2D eigenvalue weighted by molar-refractivity contribution is 4.75. The third-order valence-corrected chi connectivity index (χ3v) is 4.10. The van der Waals surface area contributed by atoms with Crippen LogP contribution in [0.3, 0.4) is 0 Å². The molecule has 0 N–H and O–H groups in total. The van der Waals surface area contributed by atoms with Crippen LogP contribution in [0.15, 0.2) is 0 Å². The van der Waals surface area contributed by atoms with Gasteiger partial charge in [-0.3, -0.25) is 0 Å². The summed E-state index contributed by atoms with van der Waals surface area (Å²) in [6, 6.07) is 0. The molecule has 1 aliphatic rings. The standard InChI is InChI=1S/C14H29N/c1-5-13(4)14-7-10-15(11-8-14)9-6-12(2)3/h12-14H,5-11H2,1-4H3. The molecule has 1 unspecified atom stereocenters. The van der Waals surface area contributed by atoms with E-state index in [2.05, 4.69) is 32.6 Å². The first-order valence-corrected chi connectivity index (χ1v) is 6.85. The molecule has 0 aliphatic carbocycles. The minimum atomic E-state index is 0.859. The van der Waals surface area contributed by atoms with Crippen molar-refractivity contribution in [1.29, 1.82) is 0 Å². The van der Waals surface area contributed by atoms with Gasteiger partial charge in [0.2, 0.25) is 0 Å². The summed E-state index contributed by atoms with van der Waals surface area (Å²) in [5.41, 5.74) is 0. The summed E-state index contributed by atoms with van der Waals surface area (Å²) < 4.78 is 0. The molecule has 0 aromatic carbocycles. The van der Waals surface area contributed by atoms with Crippen LogP contribution in [-0.4, -0.2) is 24.5 Å². The summed E-state index contributed by atoms with van der Waals surface area (Å²) in [5, 5.41) is 0. The highest BCUT2D eigenvalue weighted by atomic mass is 15.1. The van der Waals surface area contributed by atoms with Gasteiger partial charge >= 0.3 is 0 Å². The Balaban J connectivity index is 2.18. The van der Waals surface area contributed by atoms with Gasteiger partial charge in [0.15, 0.2) is 0 Å². The van der Waals surface area contributed by atoms with Crippen molar-refractivity contribution in [3.05, 3.63) is 0 Å². The monoisotopic (exact) mass is 211 g/mol. The summed E-state index contributed by atoms with van der Waals surface area (Å²) in [7, 11) is 0. The number of hydrogen-bond acceptors (Lipinski definition) is 1. The van der Waals surface area contributed by atoms with Crippen LogP contribution in [0.25, 0.3) is 0 Å². The lowest BCUT2D eigenvalue weighted by molar-refractivity contribution is 0.145. The van der Waals surface area contributed by atoms with Crippen molar-refractivity contribution in [2.75, 3.05) is 19.6 Å². The highest BCUT2D eigenvalue weighted by Gasteiger charge is 2.22. The minimum absolute atomic E-state index is 0.859. The first kappa shape index (κ1) is 13.0. The van der Waals surface area contributed by atoms with E-state index in [0.29, 0.717) is 0 Å². The first-order chi connectivity index (χ1) is 7.13. The van der Waals surface area contributed by atoms with Crippen molar-refractivity contribution in [3.8, 4) is 0 Å². The van der Waals surface area contributed by atoms with Crippen LogP contribution in [0.2, 0.25) is 0 Å². The van der Waals surface area contributed by atoms with Crippen LogP contribution < -0.4 is 0 Å². The molecule has 15 heavy (non-hydrogen) atoms. The normalized spacial score (nSPS) is 22.2. The van der Waals surface area contributed by atoms with Gasteiger partial charge in [0.1, 0.15) is 0 Å². The largest absolute Gasteiger partial charge is 0.303 e. The Morgan fingerprint density at radius 3 is 2.20 bits per heavy atom. The van der Waals surface area contributed by atoms with Crippen molar-refractivity contribution in [2.45, 2.75) is 53.4 Å². The van der Waals surface area contributed by atoms with Crippen LogP contribution in [0.5, 0.6) is 0 Å². The summed E-state index contributed by atoms with van der Waals surface area (Å²) in [4.78, 5) is 2.67. The van der Waals surface area contributed by atoms with Gasteiger partial charge < -0.3 is 4.90 Å². The van der Waals surface area contributed by atoms with Gasteiger partial charge in [0.05, 0.1) is 0 Å². The predicted octanol–water partition coefficient (Wildman–Crippen LogP) is 3.79. The molecule has 1 rings (SSSR count). The van der Waals surface area contributed by atoms with Gasteiger partial charge in [-0.05, 0) is 56.7 Å². The molecule has 1 fully saturated rings. The molecule has 0 radical (unpaired) electrons. The molecule has 1 saturated heterocycles. The van der Waals surface area contributed by atoms with E-state index in [4.69, 9.17) is 0 Å². The number of hydrogen-bond donors (Lipinski definition) is 0. The molecule has 0 spiro atoms. The Bertz CT molecular complexity index is 157. The van der Waals surface area contributed by atoms with E-state index in [9.17, 15) is 0 Å². The van der Waals surface area contributed by atoms with Crippen molar-refractivity contribution >= 4 is 0 Å². The highest BCUT2D eigenvalue weighted by Crippen LogP contribution is 2.26. The molecular weight excluding hydrogens is 182 g/mol. The van der Waals surface area contributed by atoms with Crippen LogP contribution in [0, 0.1) is 17.8 Å². The quantitative estimate of drug-likeness (QED) is 0.669. The van der Waals surface area contributed by atoms with Crippen LogP contribution >= 0.6 is 0 Å². The average Bonchev–Trinajstić information content (AvgIpc) is 2.26. The smallest absolute Gasteiger partial charge is 0.00160 e. The molecule has 0 saturated carbocycles. The lowest BCUT2D eigenvalue weighted by Crippen LogP contribution is -2.36. The molecule has 1 atom stereocenters. The fourth-order valence-corrected chi connectivity index (χ4v) is 2.52. The van der Waals surface area contributed by atoms with Crippen LogP contribution in [0.4, 0.5) is 0 Å². The number of piperidine rings is 1. The second kappa shape index (κ2) is 6.52. The average molecular weight is 211 g/mol. The molecular formula is C14H29N. The number of likely N-dealkylation sites (tertiary alicyclic amines) is 1.